The summed E-state index contributed by atoms with van der Waals surface area (Å²) in [5.74, 6) is 0.348. The topological polar surface area (TPSA) is 23.6 Å². The molecular formula is C22H27FN2OS. The number of aryl methyl sites for hydroxylation is 1. The Bertz CT molecular complexity index is 708. The van der Waals surface area contributed by atoms with E-state index in [0.717, 1.165) is 56.9 Å². The summed E-state index contributed by atoms with van der Waals surface area (Å²) in [6.07, 6.45) is 3.28. The third kappa shape index (κ3) is 6.67. The SMILES string of the molecule is O=C(CSc1ccc(F)cc1)N1CCCN(CCCc2ccccc2)CC1. The first-order valence-corrected chi connectivity index (χ1v) is 10.6. The van der Waals surface area contributed by atoms with Crippen molar-refractivity contribution < 1.29 is 9.18 Å². The van der Waals surface area contributed by atoms with Gasteiger partial charge in [0, 0.05) is 24.5 Å². The number of halogens is 1. The minimum absolute atomic E-state index is 0.176. The normalized spacial score (nSPS) is 15.5. The van der Waals surface area contributed by atoms with Gasteiger partial charge in [-0.2, -0.15) is 0 Å². The van der Waals surface area contributed by atoms with E-state index in [1.54, 1.807) is 12.1 Å². The molecule has 3 rings (SSSR count). The van der Waals surface area contributed by atoms with Gasteiger partial charge in [0.1, 0.15) is 5.82 Å². The van der Waals surface area contributed by atoms with Crippen LogP contribution in [0.25, 0.3) is 0 Å². The highest BCUT2D eigenvalue weighted by Crippen LogP contribution is 2.19. The first kappa shape index (κ1) is 19.9. The maximum absolute atomic E-state index is 13.0. The number of carbonyl (C=O) groups is 1. The van der Waals surface area contributed by atoms with Crippen LogP contribution in [0.2, 0.25) is 0 Å². The van der Waals surface area contributed by atoms with Gasteiger partial charge in [-0.3, -0.25) is 4.79 Å². The average Bonchev–Trinajstić information content (AvgIpc) is 2.94. The van der Waals surface area contributed by atoms with Gasteiger partial charge >= 0.3 is 0 Å². The minimum atomic E-state index is -0.245. The van der Waals surface area contributed by atoms with Gasteiger partial charge in [0.2, 0.25) is 5.91 Å². The Labute approximate surface area is 165 Å². The van der Waals surface area contributed by atoms with Crippen LogP contribution < -0.4 is 0 Å². The highest BCUT2D eigenvalue weighted by molar-refractivity contribution is 8.00. The number of carbonyl (C=O) groups excluding carboxylic acids is 1. The van der Waals surface area contributed by atoms with Crippen molar-refractivity contribution in [2.75, 3.05) is 38.5 Å². The largest absolute Gasteiger partial charge is 0.341 e. The van der Waals surface area contributed by atoms with E-state index >= 15 is 0 Å². The predicted molar refractivity (Wildman–Crippen MR) is 110 cm³/mol. The van der Waals surface area contributed by atoms with Crippen LogP contribution in [0.1, 0.15) is 18.4 Å². The zero-order chi connectivity index (χ0) is 18.9. The molecule has 1 saturated heterocycles. The van der Waals surface area contributed by atoms with Crippen molar-refractivity contribution in [1.82, 2.24) is 9.80 Å². The number of hydrogen-bond donors (Lipinski definition) is 0. The van der Waals surface area contributed by atoms with Crippen LogP contribution >= 0.6 is 11.8 Å². The molecule has 1 fully saturated rings. The Hall–Kier alpha value is -1.85. The molecule has 0 atom stereocenters. The second kappa shape index (κ2) is 10.5. The number of benzene rings is 2. The van der Waals surface area contributed by atoms with Crippen LogP contribution in [0.4, 0.5) is 4.39 Å². The first-order chi connectivity index (χ1) is 13.2. The number of amides is 1. The Morgan fingerprint density at radius 2 is 1.74 bits per heavy atom. The van der Waals surface area contributed by atoms with E-state index in [9.17, 15) is 9.18 Å². The molecule has 0 saturated carbocycles. The molecule has 144 valence electrons. The van der Waals surface area contributed by atoms with Gasteiger partial charge in [0.15, 0.2) is 0 Å². The first-order valence-electron chi connectivity index (χ1n) is 9.63. The zero-order valence-corrected chi connectivity index (χ0v) is 16.5. The molecule has 0 unspecified atom stereocenters. The van der Waals surface area contributed by atoms with E-state index in [0.29, 0.717) is 5.75 Å². The van der Waals surface area contributed by atoms with E-state index in [-0.39, 0.29) is 11.7 Å². The molecule has 1 aliphatic heterocycles. The van der Waals surface area contributed by atoms with Crippen LogP contribution in [0.15, 0.2) is 59.5 Å². The molecule has 0 N–H and O–H groups in total. The van der Waals surface area contributed by atoms with E-state index in [1.165, 1.54) is 29.5 Å². The van der Waals surface area contributed by atoms with Gasteiger partial charge < -0.3 is 9.80 Å². The quantitative estimate of drug-likeness (QED) is 0.670. The summed E-state index contributed by atoms with van der Waals surface area (Å²) in [4.78, 5) is 17.9. The van der Waals surface area contributed by atoms with Gasteiger partial charge in [-0.15, -0.1) is 11.8 Å². The van der Waals surface area contributed by atoms with Gasteiger partial charge in [0.05, 0.1) is 5.75 Å². The second-order valence-corrected chi connectivity index (χ2v) is 7.96. The van der Waals surface area contributed by atoms with Gasteiger partial charge in [-0.25, -0.2) is 4.39 Å². The fourth-order valence-corrected chi connectivity index (χ4v) is 4.16. The lowest BCUT2D eigenvalue weighted by Gasteiger charge is -2.22. The summed E-state index contributed by atoms with van der Waals surface area (Å²) in [6.45, 7) is 4.72. The molecule has 2 aromatic rings. The number of hydrogen-bond acceptors (Lipinski definition) is 3. The highest BCUT2D eigenvalue weighted by atomic mass is 32.2. The van der Waals surface area contributed by atoms with Crippen molar-refractivity contribution in [3.63, 3.8) is 0 Å². The lowest BCUT2D eigenvalue weighted by Crippen LogP contribution is -2.36. The summed E-state index contributed by atoms with van der Waals surface area (Å²) >= 11 is 1.48. The van der Waals surface area contributed by atoms with E-state index in [4.69, 9.17) is 0 Å². The lowest BCUT2D eigenvalue weighted by atomic mass is 10.1. The summed E-state index contributed by atoms with van der Waals surface area (Å²) in [6, 6.07) is 16.9. The maximum Gasteiger partial charge on any atom is 0.232 e. The number of rotatable bonds is 7. The molecule has 0 aromatic heterocycles. The van der Waals surface area contributed by atoms with E-state index < -0.39 is 0 Å². The van der Waals surface area contributed by atoms with Crippen molar-refractivity contribution >= 4 is 17.7 Å². The third-order valence-electron chi connectivity index (χ3n) is 4.90. The monoisotopic (exact) mass is 386 g/mol. The summed E-state index contributed by atoms with van der Waals surface area (Å²) < 4.78 is 13.0. The van der Waals surface area contributed by atoms with Crippen molar-refractivity contribution in [3.05, 3.63) is 66.0 Å². The molecule has 0 aliphatic carbocycles. The molecule has 2 aromatic carbocycles. The molecular weight excluding hydrogens is 359 g/mol. The second-order valence-electron chi connectivity index (χ2n) is 6.91. The molecule has 0 bridgehead atoms. The predicted octanol–water partition coefficient (Wildman–Crippen LogP) is 4.08. The minimum Gasteiger partial charge on any atom is -0.341 e. The Kier molecular flexibility index (Phi) is 7.72. The van der Waals surface area contributed by atoms with Crippen LogP contribution in [0, 0.1) is 5.82 Å². The Morgan fingerprint density at radius 3 is 2.52 bits per heavy atom. The molecule has 5 heteroatoms. The molecule has 0 spiro atoms. The van der Waals surface area contributed by atoms with Crippen LogP contribution in [-0.4, -0.2) is 54.2 Å². The highest BCUT2D eigenvalue weighted by Gasteiger charge is 2.19. The van der Waals surface area contributed by atoms with Crippen LogP contribution in [0.3, 0.4) is 0 Å². The zero-order valence-electron chi connectivity index (χ0n) is 15.6. The molecule has 3 nitrogen and oxygen atoms in total. The number of nitrogens with zero attached hydrogens (tertiary/aromatic N) is 2. The molecule has 1 amide bonds. The summed E-state index contributed by atoms with van der Waals surface area (Å²) in [5.41, 5.74) is 1.39. The third-order valence-corrected chi connectivity index (χ3v) is 5.90. The number of thioether (sulfide) groups is 1. The van der Waals surface area contributed by atoms with Crippen LogP contribution in [0.5, 0.6) is 0 Å². The molecule has 1 aliphatic rings. The summed E-state index contributed by atoms with van der Waals surface area (Å²) in [5, 5.41) is 0. The maximum atomic E-state index is 13.0. The molecule has 27 heavy (non-hydrogen) atoms. The van der Waals surface area contributed by atoms with Gasteiger partial charge in [-0.05, 0) is 62.2 Å². The average molecular weight is 387 g/mol. The fraction of sp³-hybridized carbons (Fsp3) is 0.409. The van der Waals surface area contributed by atoms with Crippen LogP contribution in [-0.2, 0) is 11.2 Å². The Morgan fingerprint density at radius 1 is 0.963 bits per heavy atom. The van der Waals surface area contributed by atoms with Gasteiger partial charge in [-0.1, -0.05) is 30.3 Å². The standard InChI is InChI=1S/C22H27FN2OS/c23-20-9-11-21(12-10-20)27-18-22(26)25-15-5-14-24(16-17-25)13-4-8-19-6-2-1-3-7-19/h1-3,6-7,9-12H,4-5,8,13-18H2. The lowest BCUT2D eigenvalue weighted by molar-refractivity contribution is -0.128. The smallest absolute Gasteiger partial charge is 0.232 e. The van der Waals surface area contributed by atoms with Crippen molar-refractivity contribution in [2.24, 2.45) is 0 Å². The van der Waals surface area contributed by atoms with Crippen molar-refractivity contribution in [3.8, 4) is 0 Å². The summed E-state index contributed by atoms with van der Waals surface area (Å²) in [7, 11) is 0. The molecule has 0 radical (unpaired) electrons. The van der Waals surface area contributed by atoms with E-state index in [2.05, 4.69) is 35.2 Å². The Balaban J connectivity index is 1.38. The van der Waals surface area contributed by atoms with Crippen molar-refractivity contribution in [1.29, 1.82) is 0 Å². The van der Waals surface area contributed by atoms with E-state index in [1.807, 2.05) is 4.90 Å². The van der Waals surface area contributed by atoms with Crippen molar-refractivity contribution in [2.45, 2.75) is 24.2 Å². The van der Waals surface area contributed by atoms with Gasteiger partial charge in [0.25, 0.3) is 0 Å². The molecule has 1 heterocycles. The fourth-order valence-electron chi connectivity index (χ4n) is 3.36.